The van der Waals surface area contributed by atoms with Gasteiger partial charge in [0.1, 0.15) is 0 Å². The topological polar surface area (TPSA) is 63.1 Å². The van der Waals surface area contributed by atoms with Crippen LogP contribution in [-0.4, -0.2) is 18.4 Å². The number of alkyl halides is 3. The number of hydrogen-bond donors (Lipinski definition) is 1. The van der Waals surface area contributed by atoms with Gasteiger partial charge in [-0.25, -0.2) is 4.99 Å². The van der Waals surface area contributed by atoms with Crippen LogP contribution < -0.4 is 5.73 Å². The Morgan fingerprint density at radius 1 is 1.00 bits per heavy atom. The Hall–Kier alpha value is -2.09. The quantitative estimate of drug-likeness (QED) is 0.411. The largest absolute Gasteiger partial charge is 0.416 e. The minimum atomic E-state index is -4.43. The Labute approximate surface area is 163 Å². The number of nitrogens with zero attached hydrogens (tertiary/aromatic N) is 3. The molecule has 0 aliphatic carbocycles. The first-order chi connectivity index (χ1) is 11.8. The van der Waals surface area contributed by atoms with E-state index < -0.39 is 11.7 Å². The van der Waals surface area contributed by atoms with Gasteiger partial charge in [-0.2, -0.15) is 18.3 Å². The molecule has 0 aromatic heterocycles. The summed E-state index contributed by atoms with van der Waals surface area (Å²) in [6.45, 7) is 0. The number of aliphatic imine (C=N–C) groups is 1. The van der Waals surface area contributed by atoms with Gasteiger partial charge in [0.05, 0.1) is 21.8 Å². The average Bonchev–Trinajstić information content (AvgIpc) is 2.55. The van der Waals surface area contributed by atoms with Crippen LogP contribution in [0.15, 0.2) is 57.7 Å². The van der Waals surface area contributed by atoms with Crippen LogP contribution in [0, 0.1) is 0 Å². The average molecular weight is 424 g/mol. The Morgan fingerprint density at radius 3 is 2.23 bits per heavy atom. The predicted molar refractivity (Wildman–Crippen MR) is 102 cm³/mol. The summed E-state index contributed by atoms with van der Waals surface area (Å²) in [4.78, 5) is 3.75. The van der Waals surface area contributed by atoms with E-state index in [4.69, 9.17) is 28.9 Å². The van der Waals surface area contributed by atoms with Crippen molar-refractivity contribution in [2.45, 2.75) is 6.18 Å². The first-order valence-electron chi connectivity index (χ1n) is 6.79. The molecule has 0 aliphatic rings. The second-order valence-electron chi connectivity index (χ2n) is 4.72. The lowest BCUT2D eigenvalue weighted by atomic mass is 10.1. The molecular weight excluding hydrogens is 412 g/mol. The number of guanidine groups is 1. The Kier molecular flexibility index (Phi) is 8.08. The second kappa shape index (κ2) is 9.56. The zero-order valence-corrected chi connectivity index (χ0v) is 15.2. The number of halogens is 6. The maximum atomic E-state index is 12.6. The zero-order chi connectivity index (χ0) is 18.4. The predicted octanol–water partition coefficient (Wildman–Crippen LogP) is 5.20. The van der Waals surface area contributed by atoms with E-state index >= 15 is 0 Å². The van der Waals surface area contributed by atoms with Gasteiger partial charge in [-0.3, -0.25) is 0 Å². The molecule has 2 N–H and O–H groups in total. The number of benzene rings is 2. The molecule has 0 aliphatic heterocycles. The van der Waals surface area contributed by atoms with Gasteiger partial charge in [-0.15, -0.1) is 17.5 Å². The van der Waals surface area contributed by atoms with Crippen molar-refractivity contribution in [2.24, 2.45) is 20.9 Å². The van der Waals surface area contributed by atoms with Crippen LogP contribution in [0.25, 0.3) is 0 Å². The maximum absolute atomic E-state index is 12.6. The van der Waals surface area contributed by atoms with Crippen LogP contribution >= 0.6 is 35.6 Å². The van der Waals surface area contributed by atoms with Crippen molar-refractivity contribution in [2.75, 3.05) is 0 Å². The molecule has 2 aromatic carbocycles. The van der Waals surface area contributed by atoms with Crippen LogP contribution in [0.2, 0.25) is 10.0 Å². The molecule has 0 amide bonds. The molecular formula is C16H12Cl3F3N4. The molecule has 0 bridgehead atoms. The molecule has 0 atom stereocenters. The van der Waals surface area contributed by atoms with Gasteiger partial charge in [0.2, 0.25) is 5.96 Å². The van der Waals surface area contributed by atoms with Crippen molar-refractivity contribution in [3.63, 3.8) is 0 Å². The van der Waals surface area contributed by atoms with Crippen molar-refractivity contribution in [3.8, 4) is 0 Å². The van der Waals surface area contributed by atoms with Gasteiger partial charge in [0.25, 0.3) is 0 Å². The third-order valence-electron chi connectivity index (χ3n) is 2.91. The number of hydrogen-bond acceptors (Lipinski definition) is 2. The molecule has 10 heteroatoms. The summed E-state index contributed by atoms with van der Waals surface area (Å²) in [7, 11) is 0. The van der Waals surface area contributed by atoms with Gasteiger partial charge in [0.15, 0.2) is 0 Å². The molecule has 0 spiro atoms. The standard InChI is InChI=1S/C16H11Cl2F3N4.ClH/c17-13-5-2-6-14(18)12(13)9-24-25-15(22)23-8-10-3-1-4-11(7-10)16(19,20)21;/h1-9H,(H2,22,25);1H. The fourth-order valence-electron chi connectivity index (χ4n) is 1.74. The lowest BCUT2D eigenvalue weighted by Gasteiger charge is -2.06. The van der Waals surface area contributed by atoms with E-state index in [0.717, 1.165) is 18.3 Å². The molecule has 2 aromatic rings. The minimum Gasteiger partial charge on any atom is -0.366 e. The molecule has 0 unspecified atom stereocenters. The van der Waals surface area contributed by atoms with E-state index in [1.807, 2.05) is 0 Å². The molecule has 26 heavy (non-hydrogen) atoms. The summed E-state index contributed by atoms with van der Waals surface area (Å²) in [6.07, 6.45) is -1.97. The van der Waals surface area contributed by atoms with E-state index in [0.29, 0.717) is 15.6 Å². The Bertz CT molecular complexity index is 829. The SMILES string of the molecule is Cl.N/C(N=Cc1cccc(C(F)(F)F)c1)=N\N=Cc1c(Cl)cccc1Cl. The third-order valence-corrected chi connectivity index (χ3v) is 3.57. The first kappa shape index (κ1) is 22.0. The minimum absolute atomic E-state index is 0. The summed E-state index contributed by atoms with van der Waals surface area (Å²) < 4.78 is 37.9. The van der Waals surface area contributed by atoms with E-state index in [1.165, 1.54) is 18.3 Å². The van der Waals surface area contributed by atoms with E-state index in [1.54, 1.807) is 18.2 Å². The van der Waals surface area contributed by atoms with Gasteiger partial charge >= 0.3 is 6.18 Å². The highest BCUT2D eigenvalue weighted by Crippen LogP contribution is 2.29. The summed E-state index contributed by atoms with van der Waals surface area (Å²) >= 11 is 11.9. The van der Waals surface area contributed by atoms with Crippen LogP contribution in [0.3, 0.4) is 0 Å². The van der Waals surface area contributed by atoms with Gasteiger partial charge in [-0.05, 0) is 29.8 Å². The fourth-order valence-corrected chi connectivity index (χ4v) is 2.24. The second-order valence-corrected chi connectivity index (χ2v) is 5.53. The van der Waals surface area contributed by atoms with Gasteiger partial charge in [-0.1, -0.05) is 41.4 Å². The Morgan fingerprint density at radius 2 is 1.62 bits per heavy atom. The van der Waals surface area contributed by atoms with Crippen LogP contribution in [-0.2, 0) is 6.18 Å². The molecule has 4 nitrogen and oxygen atoms in total. The zero-order valence-electron chi connectivity index (χ0n) is 12.9. The Balaban J connectivity index is 0.00000338. The molecule has 0 heterocycles. The number of rotatable bonds is 3. The van der Waals surface area contributed by atoms with Crippen LogP contribution in [0.5, 0.6) is 0 Å². The summed E-state index contributed by atoms with van der Waals surface area (Å²) in [5, 5.41) is 8.10. The van der Waals surface area contributed by atoms with Crippen LogP contribution in [0.4, 0.5) is 13.2 Å². The molecule has 0 radical (unpaired) electrons. The monoisotopic (exact) mass is 422 g/mol. The van der Waals surface area contributed by atoms with E-state index in [-0.39, 0.29) is 23.9 Å². The van der Waals surface area contributed by atoms with Crippen LogP contribution in [0.1, 0.15) is 16.7 Å². The molecule has 0 saturated carbocycles. The molecule has 138 valence electrons. The van der Waals surface area contributed by atoms with Gasteiger partial charge < -0.3 is 5.73 Å². The van der Waals surface area contributed by atoms with E-state index in [9.17, 15) is 13.2 Å². The molecule has 0 fully saturated rings. The fraction of sp³-hybridized carbons (Fsp3) is 0.0625. The summed E-state index contributed by atoms with van der Waals surface area (Å²) in [6, 6.07) is 9.59. The normalized spacial score (nSPS) is 12.6. The highest BCUT2D eigenvalue weighted by atomic mass is 35.5. The van der Waals surface area contributed by atoms with Crippen molar-refractivity contribution in [1.29, 1.82) is 0 Å². The lowest BCUT2D eigenvalue weighted by molar-refractivity contribution is -0.137. The van der Waals surface area contributed by atoms with Crippen molar-refractivity contribution in [1.82, 2.24) is 0 Å². The van der Waals surface area contributed by atoms with Crippen molar-refractivity contribution in [3.05, 3.63) is 69.2 Å². The summed E-state index contributed by atoms with van der Waals surface area (Å²) in [5.74, 6) is -0.239. The van der Waals surface area contributed by atoms with Gasteiger partial charge in [0, 0.05) is 11.8 Å². The summed E-state index contributed by atoms with van der Waals surface area (Å²) in [5.41, 5.74) is 5.45. The highest BCUT2D eigenvalue weighted by Gasteiger charge is 2.30. The smallest absolute Gasteiger partial charge is 0.366 e. The van der Waals surface area contributed by atoms with Crippen molar-refractivity contribution >= 4 is 54.0 Å². The lowest BCUT2D eigenvalue weighted by Crippen LogP contribution is -2.08. The maximum Gasteiger partial charge on any atom is 0.416 e. The van der Waals surface area contributed by atoms with E-state index in [2.05, 4.69) is 15.2 Å². The molecule has 2 rings (SSSR count). The third kappa shape index (κ3) is 6.33. The highest BCUT2D eigenvalue weighted by molar-refractivity contribution is 6.38. The van der Waals surface area contributed by atoms with Crippen molar-refractivity contribution < 1.29 is 13.2 Å². The first-order valence-corrected chi connectivity index (χ1v) is 7.55. The molecule has 0 saturated heterocycles. The number of nitrogens with two attached hydrogens (primary N) is 1.